The first-order valence-electron chi connectivity index (χ1n) is 7.12. The minimum atomic E-state index is -1.37. The van der Waals surface area contributed by atoms with E-state index in [1.807, 2.05) is 0 Å². The summed E-state index contributed by atoms with van der Waals surface area (Å²) in [4.78, 5) is 29.9. The van der Waals surface area contributed by atoms with E-state index in [9.17, 15) is 19.1 Å². The summed E-state index contributed by atoms with van der Waals surface area (Å²) < 4.78 is 15.5. The van der Waals surface area contributed by atoms with Crippen LogP contribution >= 0.6 is 0 Å². The number of aromatic carboxylic acids is 1. The maximum atomic E-state index is 14.2. The maximum absolute atomic E-state index is 14.2. The second kappa shape index (κ2) is 5.77. The fourth-order valence-corrected chi connectivity index (χ4v) is 2.43. The lowest BCUT2D eigenvalue weighted by Crippen LogP contribution is -2.20. The predicted octanol–water partition coefficient (Wildman–Crippen LogP) is 2.29. The fourth-order valence-electron chi connectivity index (χ4n) is 2.43. The number of anilines is 1. The molecule has 0 unspecified atom stereocenters. The van der Waals surface area contributed by atoms with E-state index in [1.165, 1.54) is 28.8 Å². The number of aromatic nitrogens is 2. The van der Waals surface area contributed by atoms with Crippen LogP contribution in [0.2, 0.25) is 0 Å². The zero-order valence-electron chi connectivity index (χ0n) is 13.0. The van der Waals surface area contributed by atoms with E-state index >= 15 is 0 Å². The van der Waals surface area contributed by atoms with E-state index in [0.29, 0.717) is 5.82 Å². The molecular formula is C17H14FN3O3. The molecule has 0 amide bonds. The molecule has 0 saturated carbocycles. The van der Waals surface area contributed by atoms with Crippen molar-refractivity contribution in [1.29, 1.82) is 0 Å². The number of nitrogens with zero attached hydrogens (tertiary/aromatic N) is 3. The Labute approximate surface area is 136 Å². The minimum absolute atomic E-state index is 0.115. The van der Waals surface area contributed by atoms with Crippen molar-refractivity contribution in [3.8, 4) is 5.69 Å². The first kappa shape index (κ1) is 15.7. The second-order valence-corrected chi connectivity index (χ2v) is 5.43. The van der Waals surface area contributed by atoms with Crippen LogP contribution < -0.4 is 10.3 Å². The third kappa shape index (κ3) is 2.50. The Balaban J connectivity index is 2.47. The van der Waals surface area contributed by atoms with Gasteiger partial charge in [-0.25, -0.2) is 14.2 Å². The largest absolute Gasteiger partial charge is 0.477 e. The minimum Gasteiger partial charge on any atom is -0.477 e. The van der Waals surface area contributed by atoms with Crippen LogP contribution in [0.3, 0.4) is 0 Å². The zero-order chi connectivity index (χ0) is 17.4. The number of pyridine rings is 2. The molecule has 0 aliphatic carbocycles. The lowest BCUT2D eigenvalue weighted by molar-refractivity contribution is 0.0695. The number of carboxylic acid groups (broad SMARTS) is 1. The number of halogens is 1. The maximum Gasteiger partial charge on any atom is 0.341 e. The third-order valence-corrected chi connectivity index (χ3v) is 3.64. The number of hydrogen-bond acceptors (Lipinski definition) is 4. The highest BCUT2D eigenvalue weighted by molar-refractivity contribution is 5.92. The number of carbonyl (C=O) groups is 1. The van der Waals surface area contributed by atoms with E-state index in [0.717, 1.165) is 6.20 Å². The number of carboxylic acids is 1. The summed E-state index contributed by atoms with van der Waals surface area (Å²) in [6.45, 7) is 0. The summed E-state index contributed by atoms with van der Waals surface area (Å²) in [5.41, 5.74) is -0.775. The quantitative estimate of drug-likeness (QED) is 0.799. The molecule has 0 aliphatic heterocycles. The van der Waals surface area contributed by atoms with Gasteiger partial charge in [-0.1, -0.05) is 12.1 Å². The van der Waals surface area contributed by atoms with Gasteiger partial charge in [0.05, 0.1) is 11.1 Å². The number of hydrogen-bond donors (Lipinski definition) is 1. The molecule has 122 valence electrons. The van der Waals surface area contributed by atoms with Crippen molar-refractivity contribution in [1.82, 2.24) is 9.55 Å². The topological polar surface area (TPSA) is 75.4 Å². The molecule has 0 fully saturated rings. The van der Waals surface area contributed by atoms with Crippen LogP contribution in [0.1, 0.15) is 10.4 Å². The summed E-state index contributed by atoms with van der Waals surface area (Å²) in [6, 6.07) is 9.02. The van der Waals surface area contributed by atoms with E-state index in [1.54, 1.807) is 31.1 Å². The smallest absolute Gasteiger partial charge is 0.341 e. The summed E-state index contributed by atoms with van der Waals surface area (Å²) in [5, 5.41) is 9.39. The van der Waals surface area contributed by atoms with Crippen molar-refractivity contribution in [3.63, 3.8) is 0 Å². The van der Waals surface area contributed by atoms with Gasteiger partial charge >= 0.3 is 5.97 Å². The van der Waals surface area contributed by atoms with Gasteiger partial charge in [-0.2, -0.15) is 0 Å². The van der Waals surface area contributed by atoms with Crippen LogP contribution in [-0.4, -0.2) is 34.7 Å². The number of benzene rings is 1. The Morgan fingerprint density at radius 2 is 1.92 bits per heavy atom. The molecule has 3 aromatic rings. The predicted molar refractivity (Wildman–Crippen MR) is 88.6 cm³/mol. The van der Waals surface area contributed by atoms with Crippen LogP contribution in [0.25, 0.3) is 16.7 Å². The molecule has 1 aromatic carbocycles. The van der Waals surface area contributed by atoms with Gasteiger partial charge in [0, 0.05) is 20.3 Å². The first-order chi connectivity index (χ1) is 11.4. The Morgan fingerprint density at radius 3 is 2.54 bits per heavy atom. The van der Waals surface area contributed by atoms with Crippen LogP contribution in [0.4, 0.5) is 10.2 Å². The van der Waals surface area contributed by atoms with E-state index in [4.69, 9.17) is 0 Å². The molecule has 3 rings (SSSR count). The molecule has 6 nitrogen and oxygen atoms in total. The highest BCUT2D eigenvalue weighted by Crippen LogP contribution is 2.21. The molecule has 1 N–H and O–H groups in total. The number of para-hydroxylation sites is 1. The molecular weight excluding hydrogens is 313 g/mol. The standard InChI is InChI=1S/C17H14FN3O3/c1-20(2)14-8-7-10-15(22)11(17(23)24)9-21(16(10)19-14)13-6-4-3-5-12(13)18/h3-9H,1-2H3,(H,23,24). The summed E-state index contributed by atoms with van der Waals surface area (Å²) in [6.07, 6.45) is 1.11. The van der Waals surface area contributed by atoms with Gasteiger partial charge < -0.3 is 10.0 Å². The Hall–Kier alpha value is -3.22. The van der Waals surface area contributed by atoms with Gasteiger partial charge in [0.2, 0.25) is 5.43 Å². The van der Waals surface area contributed by atoms with E-state index in [-0.39, 0.29) is 16.7 Å². The van der Waals surface area contributed by atoms with Crippen molar-refractivity contribution >= 4 is 22.8 Å². The fraction of sp³-hybridized carbons (Fsp3) is 0.118. The molecule has 0 radical (unpaired) electrons. The molecule has 24 heavy (non-hydrogen) atoms. The highest BCUT2D eigenvalue weighted by atomic mass is 19.1. The second-order valence-electron chi connectivity index (χ2n) is 5.43. The van der Waals surface area contributed by atoms with Crippen LogP contribution in [0.15, 0.2) is 47.4 Å². The summed E-state index contributed by atoms with van der Waals surface area (Å²) in [5.74, 6) is -1.35. The first-order valence-corrected chi connectivity index (χ1v) is 7.12. The average molecular weight is 327 g/mol. The summed E-state index contributed by atoms with van der Waals surface area (Å²) >= 11 is 0. The summed E-state index contributed by atoms with van der Waals surface area (Å²) in [7, 11) is 3.57. The monoisotopic (exact) mass is 327 g/mol. The molecule has 2 aromatic heterocycles. The van der Waals surface area contributed by atoms with Crippen molar-refractivity contribution in [2.45, 2.75) is 0 Å². The molecule has 2 heterocycles. The third-order valence-electron chi connectivity index (χ3n) is 3.64. The van der Waals surface area contributed by atoms with Gasteiger partial charge in [-0.15, -0.1) is 0 Å². The van der Waals surface area contributed by atoms with E-state index < -0.39 is 22.8 Å². The van der Waals surface area contributed by atoms with Gasteiger partial charge in [0.15, 0.2) is 5.65 Å². The van der Waals surface area contributed by atoms with Crippen LogP contribution in [-0.2, 0) is 0 Å². The number of fused-ring (bicyclic) bond motifs is 1. The Bertz CT molecular complexity index is 1010. The Morgan fingerprint density at radius 1 is 1.21 bits per heavy atom. The van der Waals surface area contributed by atoms with Crippen molar-refractivity contribution in [2.75, 3.05) is 19.0 Å². The van der Waals surface area contributed by atoms with E-state index in [2.05, 4.69) is 4.98 Å². The normalized spacial score (nSPS) is 10.8. The van der Waals surface area contributed by atoms with Crippen molar-refractivity contribution < 1.29 is 14.3 Å². The molecule has 0 spiro atoms. The van der Waals surface area contributed by atoms with Crippen LogP contribution in [0, 0.1) is 5.82 Å². The number of rotatable bonds is 3. The van der Waals surface area contributed by atoms with Crippen molar-refractivity contribution in [2.24, 2.45) is 0 Å². The SMILES string of the molecule is CN(C)c1ccc2c(=O)c(C(=O)O)cn(-c3ccccc3F)c2n1. The lowest BCUT2D eigenvalue weighted by atomic mass is 10.1. The van der Waals surface area contributed by atoms with Crippen LogP contribution in [0.5, 0.6) is 0 Å². The molecule has 0 atom stereocenters. The molecule has 0 saturated heterocycles. The van der Waals surface area contributed by atoms with Gasteiger partial charge in [0.1, 0.15) is 17.2 Å². The zero-order valence-corrected chi connectivity index (χ0v) is 13.0. The molecule has 0 aliphatic rings. The Kier molecular flexibility index (Phi) is 3.76. The van der Waals surface area contributed by atoms with Gasteiger partial charge in [0.25, 0.3) is 0 Å². The van der Waals surface area contributed by atoms with Crippen molar-refractivity contribution in [3.05, 3.63) is 64.2 Å². The lowest BCUT2D eigenvalue weighted by Gasteiger charge is -2.16. The average Bonchev–Trinajstić information content (AvgIpc) is 2.55. The van der Waals surface area contributed by atoms with Gasteiger partial charge in [-0.3, -0.25) is 9.36 Å². The van der Waals surface area contributed by atoms with Gasteiger partial charge in [-0.05, 0) is 24.3 Å². The molecule has 7 heteroatoms. The molecule has 0 bridgehead atoms. The highest BCUT2D eigenvalue weighted by Gasteiger charge is 2.18.